The number of nitrogens with one attached hydrogen (secondary N) is 1. The van der Waals surface area contributed by atoms with E-state index in [0.29, 0.717) is 12.6 Å². The van der Waals surface area contributed by atoms with Gasteiger partial charge in [0.1, 0.15) is 5.75 Å². The Hall–Kier alpha value is -2.14. The fourth-order valence-corrected chi connectivity index (χ4v) is 4.32. The third kappa shape index (κ3) is 5.20. The first kappa shape index (κ1) is 22.1. The molecule has 1 heterocycles. The summed E-state index contributed by atoms with van der Waals surface area (Å²) >= 11 is 0. The minimum absolute atomic E-state index is 0.0937. The monoisotopic (exact) mass is 424 g/mol. The molecule has 0 bridgehead atoms. The second-order valence-electron chi connectivity index (χ2n) is 9.55. The van der Waals surface area contributed by atoms with Gasteiger partial charge in [-0.05, 0) is 64.0 Å². The summed E-state index contributed by atoms with van der Waals surface area (Å²) < 4.78 is 12.5. The molecule has 31 heavy (non-hydrogen) atoms. The van der Waals surface area contributed by atoms with E-state index >= 15 is 0 Å². The lowest BCUT2D eigenvalue weighted by Gasteiger charge is -2.30. The first-order valence-corrected chi connectivity index (χ1v) is 11.9. The van der Waals surface area contributed by atoms with Gasteiger partial charge in [0, 0.05) is 22.4 Å². The number of carbonyl (C=O) groups excluding carboxylic acids is 1. The van der Waals surface area contributed by atoms with Gasteiger partial charge in [-0.15, -0.1) is 0 Å². The van der Waals surface area contributed by atoms with Gasteiger partial charge in [-0.25, -0.2) is 4.98 Å². The van der Waals surface area contributed by atoms with E-state index in [9.17, 15) is 4.79 Å². The van der Waals surface area contributed by atoms with Crippen LogP contribution in [0.4, 0.5) is 0 Å². The molecule has 1 aromatic carbocycles. The highest BCUT2D eigenvalue weighted by Crippen LogP contribution is 2.45. The number of carbonyl (C=O) groups is 1. The van der Waals surface area contributed by atoms with Crippen LogP contribution < -0.4 is 10.1 Å². The van der Waals surface area contributed by atoms with Crippen LogP contribution in [0.25, 0.3) is 10.9 Å². The molecule has 1 amide bonds. The van der Waals surface area contributed by atoms with Gasteiger partial charge < -0.3 is 14.8 Å². The Morgan fingerprint density at radius 2 is 1.94 bits per heavy atom. The lowest BCUT2D eigenvalue weighted by atomic mass is 9.92. The maximum atomic E-state index is 12.3. The van der Waals surface area contributed by atoms with Crippen LogP contribution in [0.1, 0.15) is 76.5 Å². The topological polar surface area (TPSA) is 60.5 Å². The number of nitrogens with zero attached hydrogens (tertiary/aromatic N) is 1. The number of ether oxygens (including phenoxy) is 2. The van der Waals surface area contributed by atoms with Gasteiger partial charge in [-0.1, -0.05) is 32.4 Å². The van der Waals surface area contributed by atoms with Crippen LogP contribution >= 0.6 is 0 Å². The van der Waals surface area contributed by atoms with Crippen LogP contribution in [0.5, 0.6) is 5.75 Å². The molecule has 0 saturated heterocycles. The molecule has 2 fully saturated rings. The van der Waals surface area contributed by atoms with E-state index in [4.69, 9.17) is 14.5 Å². The summed E-state index contributed by atoms with van der Waals surface area (Å²) in [4.78, 5) is 17.2. The number of pyridine rings is 1. The first-order chi connectivity index (χ1) is 15.0. The van der Waals surface area contributed by atoms with E-state index in [1.54, 1.807) is 0 Å². The largest absolute Gasteiger partial charge is 0.493 e. The molecule has 0 radical (unpaired) electrons. The zero-order chi connectivity index (χ0) is 21.8. The summed E-state index contributed by atoms with van der Waals surface area (Å²) in [5.41, 5.74) is 2.90. The van der Waals surface area contributed by atoms with E-state index < -0.39 is 0 Å². The smallest absolute Gasteiger partial charge is 0.226 e. The van der Waals surface area contributed by atoms with Crippen LogP contribution in [0.2, 0.25) is 0 Å². The third-order valence-electron chi connectivity index (χ3n) is 6.94. The van der Waals surface area contributed by atoms with Crippen molar-refractivity contribution >= 4 is 16.8 Å². The number of amides is 1. The molecule has 2 aromatic rings. The normalized spacial score (nSPS) is 22.3. The SMILES string of the molecule is CCCCOc1c(C)c(CO[C@H]2CC[C@H](NC(=O)C3(C)CC3)CC2)nc2ccccc12. The predicted octanol–water partition coefficient (Wildman–Crippen LogP) is 5.47. The van der Waals surface area contributed by atoms with E-state index in [-0.39, 0.29) is 17.4 Å². The van der Waals surface area contributed by atoms with Crippen molar-refractivity contribution < 1.29 is 14.3 Å². The molecule has 2 aliphatic carbocycles. The van der Waals surface area contributed by atoms with Crippen molar-refractivity contribution in [3.05, 3.63) is 35.5 Å². The summed E-state index contributed by atoms with van der Waals surface area (Å²) in [6.07, 6.45) is 8.37. The minimum Gasteiger partial charge on any atom is -0.493 e. The van der Waals surface area contributed by atoms with Gasteiger partial charge in [-0.2, -0.15) is 0 Å². The molecule has 5 nitrogen and oxygen atoms in total. The van der Waals surface area contributed by atoms with Crippen LogP contribution in [0.15, 0.2) is 24.3 Å². The summed E-state index contributed by atoms with van der Waals surface area (Å²) in [6, 6.07) is 8.47. The van der Waals surface area contributed by atoms with E-state index in [0.717, 1.165) is 85.9 Å². The van der Waals surface area contributed by atoms with Gasteiger partial charge >= 0.3 is 0 Å². The zero-order valence-corrected chi connectivity index (χ0v) is 19.2. The van der Waals surface area contributed by atoms with E-state index in [1.165, 1.54) is 0 Å². The molecule has 0 unspecified atom stereocenters. The lowest BCUT2D eigenvalue weighted by Crippen LogP contribution is -2.42. The molecule has 4 rings (SSSR count). The lowest BCUT2D eigenvalue weighted by molar-refractivity contribution is -0.127. The Bertz CT molecular complexity index is 914. The van der Waals surface area contributed by atoms with Crippen LogP contribution in [0.3, 0.4) is 0 Å². The van der Waals surface area contributed by atoms with Gasteiger partial charge in [0.2, 0.25) is 5.91 Å². The van der Waals surface area contributed by atoms with E-state index in [2.05, 4.69) is 32.2 Å². The number of hydrogen-bond donors (Lipinski definition) is 1. The molecule has 5 heteroatoms. The second kappa shape index (κ2) is 9.56. The Morgan fingerprint density at radius 1 is 1.19 bits per heavy atom. The standard InChI is InChI=1S/C26H36N2O3/c1-4-5-16-30-24-18(2)23(28-22-9-7-6-8-21(22)24)17-31-20-12-10-19(11-13-20)27-25(29)26(3)14-15-26/h6-9,19-20H,4-5,10-17H2,1-3H3,(H,27,29)/t19-,20-. The molecule has 2 saturated carbocycles. The molecule has 0 atom stereocenters. The molecule has 0 aliphatic heterocycles. The number of unbranched alkanes of at least 4 members (excludes halogenated alkanes) is 1. The van der Waals surface area contributed by atoms with Crippen molar-refractivity contribution in [3.8, 4) is 5.75 Å². The van der Waals surface area contributed by atoms with Crippen molar-refractivity contribution in [3.63, 3.8) is 0 Å². The zero-order valence-electron chi connectivity index (χ0n) is 19.2. The molecular weight excluding hydrogens is 388 g/mol. The average molecular weight is 425 g/mol. The van der Waals surface area contributed by atoms with Gasteiger partial charge in [0.15, 0.2) is 0 Å². The molecule has 168 valence electrons. The Kier molecular flexibility index (Phi) is 6.80. The van der Waals surface area contributed by atoms with Crippen LogP contribution in [-0.2, 0) is 16.1 Å². The molecule has 1 N–H and O–H groups in total. The number of fused-ring (bicyclic) bond motifs is 1. The van der Waals surface area contributed by atoms with Crippen molar-refractivity contribution in [1.29, 1.82) is 0 Å². The Labute approximate surface area is 185 Å². The average Bonchev–Trinajstić information content (AvgIpc) is 3.54. The van der Waals surface area contributed by atoms with Crippen molar-refractivity contribution in [2.24, 2.45) is 5.41 Å². The van der Waals surface area contributed by atoms with Gasteiger partial charge in [-0.3, -0.25) is 4.79 Å². The summed E-state index contributed by atoms with van der Waals surface area (Å²) in [6.45, 7) is 7.55. The Morgan fingerprint density at radius 3 is 2.65 bits per heavy atom. The molecular formula is C26H36N2O3. The number of hydrogen-bond acceptors (Lipinski definition) is 4. The Balaban J connectivity index is 1.35. The van der Waals surface area contributed by atoms with Crippen molar-refractivity contribution in [2.45, 2.75) is 90.9 Å². The minimum atomic E-state index is -0.0937. The maximum Gasteiger partial charge on any atom is 0.226 e. The molecule has 2 aliphatic rings. The summed E-state index contributed by atoms with van der Waals surface area (Å²) in [5.74, 6) is 1.18. The first-order valence-electron chi connectivity index (χ1n) is 11.9. The molecule has 0 spiro atoms. The van der Waals surface area contributed by atoms with E-state index in [1.807, 2.05) is 18.2 Å². The molecule has 1 aromatic heterocycles. The summed E-state index contributed by atoms with van der Waals surface area (Å²) in [5, 5.41) is 4.32. The van der Waals surface area contributed by atoms with Crippen LogP contribution in [0, 0.1) is 12.3 Å². The van der Waals surface area contributed by atoms with Gasteiger partial charge in [0.25, 0.3) is 0 Å². The third-order valence-corrected chi connectivity index (χ3v) is 6.94. The fraction of sp³-hybridized carbons (Fsp3) is 0.615. The van der Waals surface area contributed by atoms with Gasteiger partial charge in [0.05, 0.1) is 30.5 Å². The van der Waals surface area contributed by atoms with Crippen molar-refractivity contribution in [2.75, 3.05) is 6.61 Å². The highest BCUT2D eigenvalue weighted by Gasteiger charge is 2.45. The van der Waals surface area contributed by atoms with Crippen molar-refractivity contribution in [1.82, 2.24) is 10.3 Å². The van der Waals surface area contributed by atoms with Crippen LogP contribution in [-0.4, -0.2) is 29.6 Å². The second-order valence-corrected chi connectivity index (χ2v) is 9.55. The summed E-state index contributed by atoms with van der Waals surface area (Å²) in [7, 11) is 0. The highest BCUT2D eigenvalue weighted by molar-refractivity contribution is 5.86. The fourth-order valence-electron chi connectivity index (χ4n) is 4.32. The highest BCUT2D eigenvalue weighted by atomic mass is 16.5. The number of para-hydroxylation sites is 1. The quantitative estimate of drug-likeness (QED) is 0.543. The number of aromatic nitrogens is 1. The number of rotatable bonds is 9. The maximum absolute atomic E-state index is 12.3. The predicted molar refractivity (Wildman–Crippen MR) is 123 cm³/mol. The number of benzene rings is 1.